The molecule has 25 heavy (non-hydrogen) atoms. The lowest BCUT2D eigenvalue weighted by Gasteiger charge is -2.22. The van der Waals surface area contributed by atoms with Gasteiger partial charge < -0.3 is 5.32 Å². The number of nitrogens with one attached hydrogen (secondary N) is 1. The van der Waals surface area contributed by atoms with Crippen molar-refractivity contribution in [1.82, 2.24) is 9.78 Å². The molecule has 4 nitrogen and oxygen atoms in total. The first-order valence-electron chi connectivity index (χ1n) is 8.07. The first-order chi connectivity index (χ1) is 11.8. The normalized spacial score (nSPS) is 11.4. The maximum atomic E-state index is 13.0. The molecule has 0 aliphatic carbocycles. The zero-order valence-corrected chi connectivity index (χ0v) is 14.5. The molecular formula is C20H20FN3O. The first kappa shape index (κ1) is 16.9. The lowest BCUT2D eigenvalue weighted by atomic mass is 9.86. The van der Waals surface area contributed by atoms with E-state index in [1.165, 1.54) is 12.1 Å². The van der Waals surface area contributed by atoms with Crippen molar-refractivity contribution in [3.8, 4) is 5.69 Å². The van der Waals surface area contributed by atoms with Gasteiger partial charge in [0.1, 0.15) is 5.82 Å². The van der Waals surface area contributed by atoms with Crippen LogP contribution in [0, 0.1) is 5.82 Å². The largest absolute Gasteiger partial charge is 0.320 e. The molecule has 0 fully saturated rings. The SMILES string of the molecule is CC(C)(C)c1ccccc1NC(=O)c1ccn(-c2ccc(F)cc2)n1. The van der Waals surface area contributed by atoms with Gasteiger partial charge in [-0.2, -0.15) is 5.10 Å². The average molecular weight is 337 g/mol. The van der Waals surface area contributed by atoms with Crippen LogP contribution >= 0.6 is 0 Å². The number of benzene rings is 2. The molecule has 3 aromatic rings. The topological polar surface area (TPSA) is 46.9 Å². The molecule has 0 atom stereocenters. The smallest absolute Gasteiger partial charge is 0.276 e. The summed E-state index contributed by atoms with van der Waals surface area (Å²) in [4.78, 5) is 12.5. The molecule has 2 aromatic carbocycles. The summed E-state index contributed by atoms with van der Waals surface area (Å²) in [5, 5.41) is 7.21. The van der Waals surface area contributed by atoms with Crippen molar-refractivity contribution in [2.75, 3.05) is 5.32 Å². The average Bonchev–Trinajstić information content (AvgIpc) is 3.05. The number of anilines is 1. The summed E-state index contributed by atoms with van der Waals surface area (Å²) < 4.78 is 14.6. The predicted molar refractivity (Wildman–Crippen MR) is 96.6 cm³/mol. The van der Waals surface area contributed by atoms with Gasteiger partial charge in [-0.3, -0.25) is 4.79 Å². The van der Waals surface area contributed by atoms with Gasteiger partial charge in [-0.15, -0.1) is 0 Å². The molecule has 0 spiro atoms. The van der Waals surface area contributed by atoms with Crippen molar-refractivity contribution in [3.05, 3.63) is 77.9 Å². The molecule has 128 valence electrons. The molecule has 1 aromatic heterocycles. The summed E-state index contributed by atoms with van der Waals surface area (Å²) in [6.45, 7) is 6.30. The van der Waals surface area contributed by atoms with Gasteiger partial charge in [0.25, 0.3) is 5.91 Å². The number of hydrogen-bond acceptors (Lipinski definition) is 2. The molecule has 1 heterocycles. The molecule has 0 bridgehead atoms. The van der Waals surface area contributed by atoms with Gasteiger partial charge in [0, 0.05) is 11.9 Å². The third-order valence-electron chi connectivity index (χ3n) is 3.90. The molecule has 0 saturated heterocycles. The highest BCUT2D eigenvalue weighted by atomic mass is 19.1. The Balaban J connectivity index is 1.83. The highest BCUT2D eigenvalue weighted by molar-refractivity contribution is 6.03. The van der Waals surface area contributed by atoms with E-state index < -0.39 is 0 Å². The number of carbonyl (C=O) groups excluding carboxylic acids is 1. The minimum atomic E-state index is -0.312. The van der Waals surface area contributed by atoms with Crippen molar-refractivity contribution < 1.29 is 9.18 Å². The van der Waals surface area contributed by atoms with Gasteiger partial charge >= 0.3 is 0 Å². The summed E-state index contributed by atoms with van der Waals surface area (Å²) in [6, 6.07) is 15.3. The Morgan fingerprint density at radius 2 is 1.72 bits per heavy atom. The lowest BCUT2D eigenvalue weighted by molar-refractivity contribution is 0.102. The zero-order chi connectivity index (χ0) is 18.0. The minimum absolute atomic E-state index is 0.0860. The Morgan fingerprint density at radius 3 is 2.40 bits per heavy atom. The van der Waals surface area contributed by atoms with E-state index in [2.05, 4.69) is 31.2 Å². The summed E-state index contributed by atoms with van der Waals surface area (Å²) in [7, 11) is 0. The molecule has 0 unspecified atom stereocenters. The third-order valence-corrected chi connectivity index (χ3v) is 3.90. The van der Waals surface area contributed by atoms with E-state index in [4.69, 9.17) is 0 Å². The van der Waals surface area contributed by atoms with Crippen LogP contribution in [0.4, 0.5) is 10.1 Å². The molecule has 1 amide bonds. The van der Waals surface area contributed by atoms with Crippen LogP contribution in [0.15, 0.2) is 60.8 Å². The Hall–Kier alpha value is -2.95. The van der Waals surface area contributed by atoms with Gasteiger partial charge in [0.2, 0.25) is 0 Å². The fourth-order valence-corrected chi connectivity index (χ4v) is 2.62. The lowest BCUT2D eigenvalue weighted by Crippen LogP contribution is -2.19. The van der Waals surface area contributed by atoms with Crippen LogP contribution in [-0.2, 0) is 5.41 Å². The second kappa shape index (κ2) is 6.51. The van der Waals surface area contributed by atoms with Crippen LogP contribution in [0.1, 0.15) is 36.8 Å². The standard InChI is InChI=1S/C20H20FN3O/c1-20(2,3)16-6-4-5-7-17(16)22-19(25)18-12-13-24(23-18)15-10-8-14(21)9-11-15/h4-13H,1-3H3,(H,22,25). The molecular weight excluding hydrogens is 317 g/mol. The van der Waals surface area contributed by atoms with Gasteiger partial charge in [-0.25, -0.2) is 9.07 Å². The fourth-order valence-electron chi connectivity index (χ4n) is 2.62. The highest BCUT2D eigenvalue weighted by Crippen LogP contribution is 2.29. The fraction of sp³-hybridized carbons (Fsp3) is 0.200. The zero-order valence-electron chi connectivity index (χ0n) is 14.5. The van der Waals surface area contributed by atoms with Crippen molar-refractivity contribution >= 4 is 11.6 Å². The number of rotatable bonds is 3. The summed E-state index contributed by atoms with van der Waals surface area (Å²) in [6.07, 6.45) is 1.68. The van der Waals surface area contributed by atoms with Crippen LogP contribution in [0.2, 0.25) is 0 Å². The summed E-state index contributed by atoms with van der Waals surface area (Å²) >= 11 is 0. The first-order valence-corrected chi connectivity index (χ1v) is 8.07. The van der Waals surface area contributed by atoms with E-state index in [1.807, 2.05) is 24.3 Å². The number of carbonyl (C=O) groups is 1. The maximum Gasteiger partial charge on any atom is 0.276 e. The highest BCUT2D eigenvalue weighted by Gasteiger charge is 2.19. The van der Waals surface area contributed by atoms with Crippen LogP contribution in [-0.4, -0.2) is 15.7 Å². The van der Waals surface area contributed by atoms with Crippen LogP contribution < -0.4 is 5.32 Å². The van der Waals surface area contributed by atoms with Crippen molar-refractivity contribution in [3.63, 3.8) is 0 Å². The Labute approximate surface area is 146 Å². The molecule has 0 radical (unpaired) electrons. The van der Waals surface area contributed by atoms with Gasteiger partial charge in [0.15, 0.2) is 5.69 Å². The van der Waals surface area contributed by atoms with Crippen molar-refractivity contribution in [2.24, 2.45) is 0 Å². The molecule has 5 heteroatoms. The quantitative estimate of drug-likeness (QED) is 0.761. The number of aromatic nitrogens is 2. The molecule has 0 saturated carbocycles. The molecule has 0 aliphatic rings. The predicted octanol–water partition coefficient (Wildman–Crippen LogP) is 4.56. The second-order valence-corrected chi connectivity index (χ2v) is 6.87. The van der Waals surface area contributed by atoms with Gasteiger partial charge in [-0.1, -0.05) is 39.0 Å². The van der Waals surface area contributed by atoms with E-state index in [-0.39, 0.29) is 17.1 Å². The molecule has 3 rings (SSSR count). The summed E-state index contributed by atoms with van der Waals surface area (Å²) in [5.41, 5.74) is 2.73. The summed E-state index contributed by atoms with van der Waals surface area (Å²) in [5.74, 6) is -0.592. The molecule has 1 N–H and O–H groups in total. The monoisotopic (exact) mass is 337 g/mol. The van der Waals surface area contributed by atoms with E-state index >= 15 is 0 Å². The second-order valence-electron chi connectivity index (χ2n) is 6.87. The molecule has 0 aliphatic heterocycles. The van der Waals surface area contributed by atoms with Gasteiger partial charge in [0.05, 0.1) is 5.69 Å². The Bertz CT molecular complexity index is 892. The van der Waals surface area contributed by atoms with Crippen molar-refractivity contribution in [1.29, 1.82) is 0 Å². The van der Waals surface area contributed by atoms with Gasteiger partial charge in [-0.05, 0) is 47.4 Å². The van der Waals surface area contributed by atoms with E-state index in [0.717, 1.165) is 11.3 Å². The third kappa shape index (κ3) is 3.76. The Morgan fingerprint density at radius 1 is 1.04 bits per heavy atom. The maximum absolute atomic E-state index is 13.0. The van der Waals surface area contributed by atoms with Crippen molar-refractivity contribution in [2.45, 2.75) is 26.2 Å². The number of amides is 1. The number of halogens is 1. The Kier molecular flexibility index (Phi) is 4.40. The van der Waals surface area contributed by atoms with Crippen LogP contribution in [0.3, 0.4) is 0 Å². The van der Waals surface area contributed by atoms with E-state index in [9.17, 15) is 9.18 Å². The van der Waals surface area contributed by atoms with Crippen LogP contribution in [0.5, 0.6) is 0 Å². The van der Waals surface area contributed by atoms with Crippen LogP contribution in [0.25, 0.3) is 5.69 Å². The number of nitrogens with zero attached hydrogens (tertiary/aromatic N) is 2. The van der Waals surface area contributed by atoms with E-state index in [0.29, 0.717) is 11.4 Å². The minimum Gasteiger partial charge on any atom is -0.320 e. The van der Waals surface area contributed by atoms with E-state index in [1.54, 1.807) is 29.1 Å². The number of hydrogen-bond donors (Lipinski definition) is 1. The number of para-hydroxylation sites is 1.